The number of carbonyl (C=O) groups excluding carboxylic acids is 2. The predicted molar refractivity (Wildman–Crippen MR) is 196 cm³/mol. The second-order valence-electron chi connectivity index (χ2n) is 15.5. The molecular weight excluding hydrogens is 618 g/mol. The lowest BCUT2D eigenvalue weighted by Gasteiger charge is -2.50. The maximum Gasteiger partial charge on any atom is 0.251 e. The van der Waals surface area contributed by atoms with Gasteiger partial charge >= 0.3 is 0 Å². The summed E-state index contributed by atoms with van der Waals surface area (Å²) in [6, 6.07) is 11.2. The number of aliphatic hydroxyl groups excluding tert-OH is 1. The standard InChI is InChI=1S/C39H61N5O5/c1-22(2)41-20-33-34(26(6)45)35(38(47)42-32-16-23(3)39(7,8)25(5)24(32)4)44(49-33)21-27-14-13-15-31(36(27)48-12)28-17-29(37(46)40-9)19-30(18-28)43(10)11/h13-15,17-19,22-26,32-35,41,45H,16,20-21H2,1-12H3,(H,40,46)(H,42,47)/t23-,24+,25+,26+,32+,33+,34-,35+/m1/s1. The summed E-state index contributed by atoms with van der Waals surface area (Å²) in [5.74, 6) is 1.03. The van der Waals surface area contributed by atoms with E-state index in [1.807, 2.05) is 55.4 Å². The number of hydrogen-bond donors (Lipinski definition) is 4. The molecule has 0 radical (unpaired) electrons. The number of nitrogens with zero attached hydrogens (tertiary/aromatic N) is 2. The molecule has 1 aliphatic carbocycles. The van der Waals surface area contributed by atoms with E-state index in [-0.39, 0.29) is 35.9 Å². The molecule has 1 saturated heterocycles. The zero-order valence-corrected chi connectivity index (χ0v) is 31.8. The number of aliphatic hydroxyl groups is 1. The quantitative estimate of drug-likeness (QED) is 0.245. The highest BCUT2D eigenvalue weighted by Crippen LogP contribution is 2.47. The Kier molecular flexibility index (Phi) is 12.4. The van der Waals surface area contributed by atoms with Crippen molar-refractivity contribution in [3.8, 4) is 16.9 Å². The van der Waals surface area contributed by atoms with E-state index in [0.29, 0.717) is 35.6 Å². The average Bonchev–Trinajstić information content (AvgIpc) is 3.43. The van der Waals surface area contributed by atoms with Gasteiger partial charge in [-0.1, -0.05) is 66.7 Å². The van der Waals surface area contributed by atoms with Crippen LogP contribution in [0.5, 0.6) is 5.75 Å². The van der Waals surface area contributed by atoms with E-state index in [4.69, 9.17) is 9.57 Å². The first-order chi connectivity index (χ1) is 23.0. The molecule has 10 nitrogen and oxygen atoms in total. The highest BCUT2D eigenvalue weighted by atomic mass is 16.7. The Labute approximate surface area is 294 Å². The van der Waals surface area contributed by atoms with E-state index in [0.717, 1.165) is 28.8 Å². The van der Waals surface area contributed by atoms with Crippen LogP contribution >= 0.6 is 0 Å². The fraction of sp³-hybridized carbons (Fsp3) is 0.641. The molecule has 272 valence electrons. The van der Waals surface area contributed by atoms with Gasteiger partial charge in [-0.25, -0.2) is 0 Å². The number of amides is 2. The number of anilines is 1. The molecule has 2 aliphatic rings. The molecule has 10 heteroatoms. The molecule has 2 aromatic carbocycles. The highest BCUT2D eigenvalue weighted by Gasteiger charge is 2.51. The number of carbonyl (C=O) groups is 2. The van der Waals surface area contributed by atoms with E-state index in [1.54, 1.807) is 26.1 Å². The molecule has 2 aromatic rings. The van der Waals surface area contributed by atoms with Gasteiger partial charge in [-0.3, -0.25) is 14.4 Å². The van der Waals surface area contributed by atoms with Crippen molar-refractivity contribution in [2.75, 3.05) is 39.7 Å². The molecule has 4 rings (SSSR count). The molecule has 1 saturated carbocycles. The topological polar surface area (TPSA) is 115 Å². The maximum absolute atomic E-state index is 14.5. The molecule has 1 heterocycles. The van der Waals surface area contributed by atoms with Crippen LogP contribution in [-0.4, -0.2) is 87.1 Å². The third-order valence-corrected chi connectivity index (χ3v) is 11.6. The van der Waals surface area contributed by atoms with E-state index in [9.17, 15) is 14.7 Å². The SMILES string of the molecule is CNC(=O)c1cc(-c2cccc(CN3O[C@@H](CNC(C)C)[C@@H]([C@H](C)O)[C@H]3C(=O)N[C@H]3C[C@@H](C)C(C)(C)[C@@H](C)[C@@H]3C)c2OC)cc(N(C)C)c1. The smallest absolute Gasteiger partial charge is 0.251 e. The minimum absolute atomic E-state index is 0.0196. The summed E-state index contributed by atoms with van der Waals surface area (Å²) in [6.45, 7) is 18.1. The lowest BCUT2D eigenvalue weighted by Crippen LogP contribution is -2.57. The molecule has 4 N–H and O–H groups in total. The minimum atomic E-state index is -0.787. The Bertz CT molecular complexity index is 1460. The van der Waals surface area contributed by atoms with Crippen LogP contribution in [0, 0.1) is 29.1 Å². The van der Waals surface area contributed by atoms with Crippen LogP contribution in [0.4, 0.5) is 5.69 Å². The lowest BCUT2D eigenvalue weighted by molar-refractivity contribution is -0.175. The normalized spacial score (nSPS) is 27.5. The van der Waals surface area contributed by atoms with Gasteiger partial charge in [0.2, 0.25) is 5.91 Å². The third kappa shape index (κ3) is 8.25. The Balaban J connectivity index is 1.73. The minimum Gasteiger partial charge on any atom is -0.496 e. The first kappa shape index (κ1) is 38.6. The van der Waals surface area contributed by atoms with Crippen molar-refractivity contribution in [2.45, 2.75) is 98.7 Å². The summed E-state index contributed by atoms with van der Waals surface area (Å²) in [4.78, 5) is 35.8. The van der Waals surface area contributed by atoms with Crippen molar-refractivity contribution in [3.05, 3.63) is 47.5 Å². The van der Waals surface area contributed by atoms with Gasteiger partial charge in [0.05, 0.1) is 25.9 Å². The first-order valence-electron chi connectivity index (χ1n) is 17.9. The van der Waals surface area contributed by atoms with Crippen LogP contribution in [0.25, 0.3) is 11.1 Å². The molecule has 0 unspecified atom stereocenters. The van der Waals surface area contributed by atoms with Crippen LogP contribution < -0.4 is 25.6 Å². The van der Waals surface area contributed by atoms with Crippen molar-refractivity contribution < 1.29 is 24.3 Å². The monoisotopic (exact) mass is 679 g/mol. The predicted octanol–water partition coefficient (Wildman–Crippen LogP) is 5.09. The Morgan fingerprint density at radius 1 is 1.12 bits per heavy atom. The van der Waals surface area contributed by atoms with E-state index < -0.39 is 24.2 Å². The second kappa shape index (κ2) is 15.8. The fourth-order valence-corrected chi connectivity index (χ4v) is 7.72. The number of rotatable bonds is 12. The zero-order valence-electron chi connectivity index (χ0n) is 31.8. The van der Waals surface area contributed by atoms with Gasteiger partial charge in [-0.15, -0.1) is 0 Å². The maximum atomic E-state index is 14.5. The summed E-state index contributed by atoms with van der Waals surface area (Å²) < 4.78 is 6.06. The summed E-state index contributed by atoms with van der Waals surface area (Å²) in [6.07, 6.45) is -0.305. The summed E-state index contributed by atoms with van der Waals surface area (Å²) >= 11 is 0. The fourth-order valence-electron chi connectivity index (χ4n) is 7.72. The van der Waals surface area contributed by atoms with Crippen LogP contribution in [0.15, 0.2) is 36.4 Å². The molecule has 0 spiro atoms. The molecule has 8 atom stereocenters. The first-order valence-corrected chi connectivity index (χ1v) is 17.9. The van der Waals surface area contributed by atoms with Crippen LogP contribution in [0.2, 0.25) is 0 Å². The van der Waals surface area contributed by atoms with Crippen LogP contribution in [-0.2, 0) is 16.2 Å². The summed E-state index contributed by atoms with van der Waals surface area (Å²) in [5, 5.41) is 22.5. The number of para-hydroxylation sites is 1. The van der Waals surface area contributed by atoms with Crippen molar-refractivity contribution in [2.24, 2.45) is 29.1 Å². The van der Waals surface area contributed by atoms with Gasteiger partial charge in [0, 0.05) is 68.1 Å². The molecular formula is C39H61N5O5. The lowest BCUT2D eigenvalue weighted by atomic mass is 9.58. The van der Waals surface area contributed by atoms with Gasteiger partial charge in [-0.2, -0.15) is 5.06 Å². The van der Waals surface area contributed by atoms with Crippen molar-refractivity contribution in [3.63, 3.8) is 0 Å². The number of benzene rings is 2. The molecule has 0 bridgehead atoms. The third-order valence-electron chi connectivity index (χ3n) is 11.6. The van der Waals surface area contributed by atoms with Gasteiger partial charge in [0.25, 0.3) is 5.91 Å². The second-order valence-corrected chi connectivity index (χ2v) is 15.5. The molecule has 49 heavy (non-hydrogen) atoms. The van der Waals surface area contributed by atoms with Gasteiger partial charge < -0.3 is 30.7 Å². The Morgan fingerprint density at radius 3 is 2.41 bits per heavy atom. The van der Waals surface area contributed by atoms with E-state index >= 15 is 0 Å². The average molecular weight is 680 g/mol. The van der Waals surface area contributed by atoms with Crippen LogP contribution in [0.1, 0.15) is 77.7 Å². The van der Waals surface area contributed by atoms with Crippen LogP contribution in [0.3, 0.4) is 0 Å². The number of ether oxygens (including phenoxy) is 1. The molecule has 0 aromatic heterocycles. The molecule has 2 amide bonds. The Morgan fingerprint density at radius 2 is 1.82 bits per heavy atom. The summed E-state index contributed by atoms with van der Waals surface area (Å²) in [5.41, 5.74) is 4.08. The number of methoxy groups -OCH3 is 1. The van der Waals surface area contributed by atoms with E-state index in [1.165, 1.54) is 0 Å². The Hall–Kier alpha value is -3.18. The molecule has 1 aliphatic heterocycles. The van der Waals surface area contributed by atoms with E-state index in [2.05, 4.69) is 64.4 Å². The number of nitrogens with one attached hydrogen (secondary N) is 3. The van der Waals surface area contributed by atoms with Gasteiger partial charge in [0.1, 0.15) is 11.8 Å². The van der Waals surface area contributed by atoms with Crippen molar-refractivity contribution >= 4 is 17.5 Å². The van der Waals surface area contributed by atoms with Crippen molar-refractivity contribution in [1.29, 1.82) is 0 Å². The summed E-state index contributed by atoms with van der Waals surface area (Å²) in [7, 11) is 7.13. The van der Waals surface area contributed by atoms with Gasteiger partial charge in [0.15, 0.2) is 0 Å². The zero-order chi connectivity index (χ0) is 36.4. The van der Waals surface area contributed by atoms with Gasteiger partial charge in [-0.05, 0) is 60.3 Å². The number of hydrogen-bond acceptors (Lipinski definition) is 8. The molecule has 2 fully saturated rings. The number of hydroxylamine groups is 2. The highest BCUT2D eigenvalue weighted by molar-refractivity contribution is 5.97. The largest absolute Gasteiger partial charge is 0.496 e. The van der Waals surface area contributed by atoms with Crippen molar-refractivity contribution in [1.82, 2.24) is 21.0 Å².